The van der Waals surface area contributed by atoms with Gasteiger partial charge in [0.2, 0.25) is 0 Å². The van der Waals surface area contributed by atoms with Crippen molar-refractivity contribution in [3.05, 3.63) is 63.1 Å². The Morgan fingerprint density at radius 1 is 1.06 bits per heavy atom. The molecule has 17 heavy (non-hydrogen) atoms. The molecular weight excluding hydrogens is 246 g/mol. The molecule has 0 aliphatic rings. The zero-order valence-corrected chi connectivity index (χ0v) is 10.8. The number of hydrogen-bond acceptors (Lipinski definition) is 2. The van der Waals surface area contributed by atoms with Gasteiger partial charge in [-0.2, -0.15) is 0 Å². The maximum Gasteiger partial charge on any atom is 0.158 e. The Kier molecular flexibility index (Phi) is 2.79. The van der Waals surface area contributed by atoms with Gasteiger partial charge in [0, 0.05) is 17.5 Å². The van der Waals surface area contributed by atoms with E-state index in [9.17, 15) is 0 Å². The van der Waals surface area contributed by atoms with Crippen LogP contribution in [-0.2, 0) is 6.42 Å². The van der Waals surface area contributed by atoms with Crippen LogP contribution in [0.5, 0.6) is 0 Å². The molecule has 0 unspecified atom stereocenters. The highest BCUT2D eigenvalue weighted by atomic mass is 32.1. The Labute approximate surface area is 109 Å². The molecule has 84 valence electrons. The first-order chi connectivity index (χ1) is 8.33. The molecule has 3 rings (SSSR count). The maximum atomic E-state index is 5.11. The minimum atomic E-state index is 0.847. The molecular formula is C14H11NS2. The molecule has 0 aliphatic carbocycles. The fourth-order valence-electron chi connectivity index (χ4n) is 2.04. The molecule has 0 fully saturated rings. The van der Waals surface area contributed by atoms with E-state index in [0.29, 0.717) is 0 Å². The zero-order chi connectivity index (χ0) is 11.7. The van der Waals surface area contributed by atoms with Gasteiger partial charge in [0.15, 0.2) is 3.95 Å². The highest BCUT2D eigenvalue weighted by Crippen LogP contribution is 2.22. The molecule has 3 aromatic rings. The normalized spacial score (nSPS) is 10.8. The minimum absolute atomic E-state index is 0.847. The molecule has 0 saturated carbocycles. The highest BCUT2D eigenvalue weighted by molar-refractivity contribution is 7.73. The molecule has 0 spiro atoms. The van der Waals surface area contributed by atoms with Crippen molar-refractivity contribution >= 4 is 34.3 Å². The van der Waals surface area contributed by atoms with Crippen LogP contribution in [0.1, 0.15) is 10.4 Å². The quantitative estimate of drug-likeness (QED) is 0.666. The molecule has 0 bridgehead atoms. The number of hydrogen-bond donors (Lipinski definition) is 1. The fraction of sp³-hybridized carbons (Fsp3) is 0.0714. The number of nitrogens with one attached hydrogen (secondary N) is 1. The zero-order valence-electron chi connectivity index (χ0n) is 9.14. The molecule has 0 saturated heterocycles. The summed E-state index contributed by atoms with van der Waals surface area (Å²) < 4.78 is 0.847. The van der Waals surface area contributed by atoms with Gasteiger partial charge in [-0.05, 0) is 28.6 Å². The van der Waals surface area contributed by atoms with E-state index in [-0.39, 0.29) is 0 Å². The van der Waals surface area contributed by atoms with Crippen LogP contribution < -0.4 is 0 Å². The van der Waals surface area contributed by atoms with Gasteiger partial charge < -0.3 is 4.98 Å². The highest BCUT2D eigenvalue weighted by Gasteiger charge is 2.02. The van der Waals surface area contributed by atoms with Gasteiger partial charge in [0.1, 0.15) is 0 Å². The summed E-state index contributed by atoms with van der Waals surface area (Å²) in [5, 5.41) is 2.62. The van der Waals surface area contributed by atoms with Crippen molar-refractivity contribution in [3.8, 4) is 0 Å². The molecule has 1 aromatic heterocycles. The molecule has 2 aromatic carbocycles. The summed E-state index contributed by atoms with van der Waals surface area (Å²) in [6, 6.07) is 14.9. The lowest BCUT2D eigenvalue weighted by molar-refractivity contribution is 1.24. The van der Waals surface area contributed by atoms with Gasteiger partial charge in [0.05, 0.1) is 0 Å². The molecule has 0 amide bonds. The van der Waals surface area contributed by atoms with E-state index in [4.69, 9.17) is 12.2 Å². The smallest absolute Gasteiger partial charge is 0.158 e. The van der Waals surface area contributed by atoms with Crippen LogP contribution in [0.15, 0.2) is 48.7 Å². The number of benzene rings is 2. The fourth-order valence-corrected chi connectivity index (χ4v) is 3.12. The number of thiazole rings is 1. The lowest BCUT2D eigenvalue weighted by Gasteiger charge is -2.04. The first-order valence-electron chi connectivity index (χ1n) is 5.47. The first kappa shape index (κ1) is 10.7. The number of fused-ring (bicyclic) bond motifs is 1. The van der Waals surface area contributed by atoms with E-state index < -0.39 is 0 Å². The first-order valence-corrected chi connectivity index (χ1v) is 6.69. The van der Waals surface area contributed by atoms with Crippen molar-refractivity contribution in [2.45, 2.75) is 6.42 Å². The minimum Gasteiger partial charge on any atom is -0.343 e. The van der Waals surface area contributed by atoms with Crippen LogP contribution in [0, 0.1) is 3.95 Å². The second-order valence-electron chi connectivity index (χ2n) is 3.96. The summed E-state index contributed by atoms with van der Waals surface area (Å²) in [7, 11) is 0. The molecule has 3 heteroatoms. The van der Waals surface area contributed by atoms with Crippen LogP contribution in [0.3, 0.4) is 0 Å². The number of aromatic nitrogens is 1. The van der Waals surface area contributed by atoms with Crippen LogP contribution in [-0.4, -0.2) is 4.98 Å². The van der Waals surface area contributed by atoms with E-state index in [1.165, 1.54) is 21.2 Å². The van der Waals surface area contributed by atoms with E-state index in [2.05, 4.69) is 47.4 Å². The summed E-state index contributed by atoms with van der Waals surface area (Å²) in [6.07, 6.45) is 2.95. The van der Waals surface area contributed by atoms with Crippen molar-refractivity contribution in [2.75, 3.05) is 0 Å². The van der Waals surface area contributed by atoms with Gasteiger partial charge >= 0.3 is 0 Å². The third kappa shape index (κ3) is 2.16. The Balaban J connectivity index is 2.08. The largest absolute Gasteiger partial charge is 0.343 e. The van der Waals surface area contributed by atoms with Crippen LogP contribution in [0.4, 0.5) is 0 Å². The molecule has 1 N–H and O–H groups in total. The number of H-pyrrole nitrogens is 1. The van der Waals surface area contributed by atoms with Crippen molar-refractivity contribution in [1.82, 2.24) is 4.98 Å². The monoisotopic (exact) mass is 257 g/mol. The van der Waals surface area contributed by atoms with E-state index in [0.717, 1.165) is 10.4 Å². The van der Waals surface area contributed by atoms with Gasteiger partial charge in [0.25, 0.3) is 0 Å². The lowest BCUT2D eigenvalue weighted by atomic mass is 10.0. The van der Waals surface area contributed by atoms with Gasteiger partial charge in [-0.15, -0.1) is 11.3 Å². The van der Waals surface area contributed by atoms with Crippen molar-refractivity contribution in [3.63, 3.8) is 0 Å². The van der Waals surface area contributed by atoms with Gasteiger partial charge in [-0.1, -0.05) is 42.5 Å². The third-order valence-electron chi connectivity index (χ3n) is 2.82. The predicted molar refractivity (Wildman–Crippen MR) is 76.3 cm³/mol. The Hall–Kier alpha value is -1.45. The second-order valence-corrected chi connectivity index (χ2v) is 5.76. The summed E-state index contributed by atoms with van der Waals surface area (Å²) in [6.45, 7) is 0. The molecule has 0 atom stereocenters. The van der Waals surface area contributed by atoms with E-state index in [1.807, 2.05) is 6.20 Å². The molecule has 0 radical (unpaired) electrons. The van der Waals surface area contributed by atoms with Gasteiger partial charge in [-0.3, -0.25) is 0 Å². The third-order valence-corrected chi connectivity index (χ3v) is 4.01. The standard InChI is InChI=1S/C14H11NS2/c16-14-15-9-12(17-14)8-11-6-3-5-10-4-1-2-7-13(10)11/h1-7,9H,8H2,(H,15,16). The number of rotatable bonds is 2. The van der Waals surface area contributed by atoms with Crippen molar-refractivity contribution in [1.29, 1.82) is 0 Å². The summed E-state index contributed by atoms with van der Waals surface area (Å²) in [5.41, 5.74) is 1.35. The van der Waals surface area contributed by atoms with E-state index >= 15 is 0 Å². The topological polar surface area (TPSA) is 15.8 Å². The SMILES string of the molecule is S=c1[nH]cc(Cc2cccc3ccccc23)s1. The van der Waals surface area contributed by atoms with Crippen LogP contribution in [0.25, 0.3) is 10.8 Å². The van der Waals surface area contributed by atoms with E-state index in [1.54, 1.807) is 11.3 Å². The van der Waals surface area contributed by atoms with Crippen molar-refractivity contribution in [2.24, 2.45) is 0 Å². The maximum absolute atomic E-state index is 5.11. The average Bonchev–Trinajstić information content (AvgIpc) is 2.75. The molecule has 0 aliphatic heterocycles. The van der Waals surface area contributed by atoms with Gasteiger partial charge in [-0.25, -0.2) is 0 Å². The second kappa shape index (κ2) is 4.43. The molecule has 1 nitrogen and oxygen atoms in total. The Morgan fingerprint density at radius 3 is 2.71 bits per heavy atom. The average molecular weight is 257 g/mol. The Bertz CT molecular complexity index is 704. The summed E-state index contributed by atoms with van der Waals surface area (Å²) in [5.74, 6) is 0. The molecule has 1 heterocycles. The van der Waals surface area contributed by atoms with Crippen molar-refractivity contribution < 1.29 is 0 Å². The Morgan fingerprint density at radius 2 is 1.88 bits per heavy atom. The summed E-state index contributed by atoms with van der Waals surface area (Å²) in [4.78, 5) is 4.35. The lowest BCUT2D eigenvalue weighted by Crippen LogP contribution is -1.86. The van der Waals surface area contributed by atoms with Crippen LogP contribution >= 0.6 is 23.6 Å². The summed E-state index contributed by atoms with van der Waals surface area (Å²) >= 11 is 6.76. The number of aromatic amines is 1. The predicted octanol–water partition coefficient (Wildman–Crippen LogP) is 4.55. The van der Waals surface area contributed by atoms with Crippen LogP contribution in [0.2, 0.25) is 0 Å².